The molecule has 47 heavy (non-hydrogen) atoms. The Balaban J connectivity index is 0.000000269. The predicted molar refractivity (Wildman–Crippen MR) is 145 cm³/mol. The summed E-state index contributed by atoms with van der Waals surface area (Å²) in [5.74, 6) is -0.377. The number of aliphatic hydroxyl groups is 1. The van der Waals surface area contributed by atoms with Crippen molar-refractivity contribution < 1.29 is 76.7 Å². The fraction of sp³-hybridized carbons (Fsp3) is 1.00. The Morgan fingerprint density at radius 3 is 1.26 bits per heavy atom. The van der Waals surface area contributed by atoms with Crippen LogP contribution < -0.4 is 0 Å². The van der Waals surface area contributed by atoms with Crippen LogP contribution >= 0.6 is 0 Å². The first kappa shape index (κ1) is 42.1. The van der Waals surface area contributed by atoms with Gasteiger partial charge in [-0.15, -0.1) is 0 Å². The van der Waals surface area contributed by atoms with Gasteiger partial charge in [-0.25, -0.2) is 0 Å². The Hall–Kier alpha value is -1.04. The van der Waals surface area contributed by atoms with Crippen LogP contribution in [-0.2, 0) is 18.9 Å². The third-order valence-electron chi connectivity index (χ3n) is 10.3. The van der Waals surface area contributed by atoms with Gasteiger partial charge in [0.05, 0.1) is 13.2 Å². The third-order valence-corrected chi connectivity index (χ3v) is 10.3. The van der Waals surface area contributed by atoms with Gasteiger partial charge in [-0.2, -0.15) is 52.7 Å². The predicted octanol–water partition coefficient (Wildman–Crippen LogP) is 8.88. The van der Waals surface area contributed by atoms with Crippen LogP contribution in [-0.4, -0.2) is 82.9 Å². The molecule has 0 spiro atoms. The van der Waals surface area contributed by atoms with Gasteiger partial charge in [-0.1, -0.05) is 12.8 Å². The minimum atomic E-state index is -5.52. The summed E-state index contributed by atoms with van der Waals surface area (Å²) in [5, 5.41) is 8.80. The zero-order valence-corrected chi connectivity index (χ0v) is 26.8. The molecule has 4 aliphatic carbocycles. The van der Waals surface area contributed by atoms with Crippen LogP contribution in [0.1, 0.15) is 71.1 Å². The van der Waals surface area contributed by atoms with E-state index in [4.69, 9.17) is 5.11 Å². The van der Waals surface area contributed by atoms with E-state index in [2.05, 4.69) is 18.9 Å². The molecule has 0 aromatic heterocycles. The van der Waals surface area contributed by atoms with E-state index in [1.165, 1.54) is 0 Å². The second-order valence-electron chi connectivity index (χ2n) is 13.5. The van der Waals surface area contributed by atoms with Crippen molar-refractivity contribution in [3.8, 4) is 0 Å². The molecule has 0 radical (unpaired) electrons. The number of methoxy groups -OCH3 is 3. The van der Waals surface area contributed by atoms with E-state index in [0.29, 0.717) is 45.3 Å². The molecule has 1 N–H and O–H groups in total. The van der Waals surface area contributed by atoms with Gasteiger partial charge in [0.15, 0.2) is 5.41 Å². The van der Waals surface area contributed by atoms with Crippen molar-refractivity contribution in [2.75, 3.05) is 41.3 Å². The van der Waals surface area contributed by atoms with Gasteiger partial charge < -0.3 is 24.1 Å². The number of aliphatic hydroxyl groups excluding tert-OH is 1. The zero-order valence-electron chi connectivity index (χ0n) is 26.8. The van der Waals surface area contributed by atoms with E-state index in [1.54, 1.807) is 14.2 Å². The van der Waals surface area contributed by atoms with Gasteiger partial charge in [-0.3, -0.25) is 0 Å². The lowest BCUT2D eigenvalue weighted by Crippen LogP contribution is -2.60. The maximum absolute atomic E-state index is 13.2. The summed E-state index contributed by atoms with van der Waals surface area (Å²) in [6.45, 7) is -0.0551. The van der Waals surface area contributed by atoms with Crippen molar-refractivity contribution in [2.24, 2.45) is 40.9 Å². The number of halogens is 12. The molecule has 6 atom stereocenters. The van der Waals surface area contributed by atoms with Crippen LogP contribution in [0.25, 0.3) is 0 Å². The summed E-state index contributed by atoms with van der Waals surface area (Å²) in [7, 11) is 4.08. The highest BCUT2D eigenvalue weighted by Crippen LogP contribution is 2.59. The maximum atomic E-state index is 13.2. The third kappa shape index (κ3) is 10.3. The zero-order chi connectivity index (χ0) is 36.1. The van der Waals surface area contributed by atoms with E-state index < -0.39 is 73.3 Å². The molecular weight excluding hydrogens is 668 g/mol. The minimum Gasteiger partial charge on any atom is -0.388 e. The Labute approximate surface area is 267 Å². The SMILES string of the molecule is CC(CC1CC2CCC1C2)(C(F)(F)F)C(F)(F)F.COCC(O)COC.COCOC(CC1CC2CCC1C2)(C(F)(F)F)C(F)(F)F. The first-order valence-electron chi connectivity index (χ1n) is 15.5. The molecule has 0 saturated heterocycles. The lowest BCUT2D eigenvalue weighted by Gasteiger charge is -2.40. The highest BCUT2D eigenvalue weighted by atomic mass is 19.4. The molecule has 4 bridgehead atoms. The number of hydrogen-bond acceptors (Lipinski definition) is 5. The lowest BCUT2D eigenvalue weighted by atomic mass is 9.74. The summed E-state index contributed by atoms with van der Waals surface area (Å²) in [6, 6.07) is 0. The van der Waals surface area contributed by atoms with Crippen LogP contribution in [0.4, 0.5) is 52.7 Å². The first-order chi connectivity index (χ1) is 21.5. The first-order valence-corrected chi connectivity index (χ1v) is 15.5. The lowest BCUT2D eigenvalue weighted by molar-refractivity contribution is -0.397. The number of fused-ring (bicyclic) bond motifs is 4. The monoisotopic (exact) mass is 714 g/mol. The van der Waals surface area contributed by atoms with Gasteiger partial charge in [0.1, 0.15) is 12.9 Å². The highest BCUT2D eigenvalue weighted by Gasteiger charge is 2.73. The largest absolute Gasteiger partial charge is 0.426 e. The summed E-state index contributed by atoms with van der Waals surface area (Å²) in [5.41, 5.74) is -7.69. The van der Waals surface area contributed by atoms with E-state index in [-0.39, 0.29) is 17.8 Å². The number of hydrogen-bond donors (Lipinski definition) is 1. The molecule has 4 fully saturated rings. The number of ether oxygens (including phenoxy) is 4. The minimum absolute atomic E-state index is 0.0507. The standard InChI is InChI=1S/C13H18F6O2.C12H16F6.C5H12O3/c1-20-7-21-11(12(14,15)16,13(17,18)19)6-10-5-8-2-3-9(10)4-8;1-10(11(13,14)15,12(16,17)18)6-9-5-7-2-3-8(9)4-7;1-7-3-5(6)4-8-2/h8-10H,2-7H2,1H3;7-9H,2-6H2,1H3;5-6H,3-4H2,1-2H3. The van der Waals surface area contributed by atoms with E-state index in [1.807, 2.05) is 0 Å². The second kappa shape index (κ2) is 16.3. The van der Waals surface area contributed by atoms with E-state index in [0.717, 1.165) is 39.2 Å². The van der Waals surface area contributed by atoms with Crippen molar-refractivity contribution in [3.63, 3.8) is 0 Å². The quantitative estimate of drug-likeness (QED) is 0.171. The molecule has 4 rings (SSSR count). The average molecular weight is 715 g/mol. The van der Waals surface area contributed by atoms with Crippen molar-refractivity contribution in [2.45, 2.75) is 108 Å². The van der Waals surface area contributed by atoms with Gasteiger partial charge in [0.2, 0.25) is 0 Å². The molecular formula is C30H46F12O5. The van der Waals surface area contributed by atoms with E-state index >= 15 is 0 Å². The highest BCUT2D eigenvalue weighted by molar-refractivity contribution is 5.02. The molecule has 6 unspecified atom stereocenters. The molecule has 0 amide bonds. The van der Waals surface area contributed by atoms with Crippen LogP contribution in [0.3, 0.4) is 0 Å². The smallest absolute Gasteiger partial charge is 0.388 e. The average Bonchev–Trinajstić information content (AvgIpc) is 3.72. The van der Waals surface area contributed by atoms with Crippen LogP contribution in [0.2, 0.25) is 0 Å². The van der Waals surface area contributed by atoms with Crippen molar-refractivity contribution in [1.82, 2.24) is 0 Å². The molecule has 4 saturated carbocycles. The summed E-state index contributed by atoms with van der Waals surface area (Å²) in [4.78, 5) is 0. The summed E-state index contributed by atoms with van der Waals surface area (Å²) >= 11 is 0. The normalized spacial score (nSPS) is 28.0. The molecule has 0 aromatic rings. The Morgan fingerprint density at radius 1 is 0.574 bits per heavy atom. The number of rotatable bonds is 11. The second-order valence-corrected chi connectivity index (χ2v) is 13.5. The van der Waals surface area contributed by atoms with Crippen LogP contribution in [0, 0.1) is 40.9 Å². The van der Waals surface area contributed by atoms with Crippen molar-refractivity contribution in [1.29, 1.82) is 0 Å². The topological polar surface area (TPSA) is 57.2 Å². The van der Waals surface area contributed by atoms with E-state index in [9.17, 15) is 52.7 Å². The Kier molecular flexibility index (Phi) is 14.6. The van der Waals surface area contributed by atoms with Gasteiger partial charge in [0, 0.05) is 21.3 Å². The molecule has 280 valence electrons. The van der Waals surface area contributed by atoms with Crippen molar-refractivity contribution in [3.05, 3.63) is 0 Å². The molecule has 0 aromatic carbocycles. The Bertz CT molecular complexity index is 902. The fourth-order valence-corrected chi connectivity index (χ4v) is 7.75. The molecule has 0 heterocycles. The van der Waals surface area contributed by atoms with Crippen LogP contribution in [0.15, 0.2) is 0 Å². The molecule has 4 aliphatic rings. The summed E-state index contributed by atoms with van der Waals surface area (Å²) < 4.78 is 174. The molecule has 0 aliphatic heterocycles. The molecule has 5 nitrogen and oxygen atoms in total. The van der Waals surface area contributed by atoms with Crippen LogP contribution in [0.5, 0.6) is 0 Å². The Morgan fingerprint density at radius 2 is 0.979 bits per heavy atom. The van der Waals surface area contributed by atoms with Crippen molar-refractivity contribution >= 4 is 0 Å². The van der Waals surface area contributed by atoms with Gasteiger partial charge in [0.25, 0.3) is 5.60 Å². The fourth-order valence-electron chi connectivity index (χ4n) is 7.75. The molecule has 17 heteroatoms. The summed E-state index contributed by atoms with van der Waals surface area (Å²) in [6.07, 6.45) is -18.0. The number of alkyl halides is 12. The maximum Gasteiger partial charge on any atom is 0.426 e. The van der Waals surface area contributed by atoms with Gasteiger partial charge >= 0.3 is 24.7 Å². The van der Waals surface area contributed by atoms with Gasteiger partial charge in [-0.05, 0) is 93.8 Å².